The molecule has 1 rings (SSSR count). The van der Waals surface area contributed by atoms with E-state index in [1.54, 1.807) is 0 Å². The van der Waals surface area contributed by atoms with Crippen molar-refractivity contribution in [2.75, 3.05) is 21.0 Å². The highest BCUT2D eigenvalue weighted by Crippen LogP contribution is 2.25. The first kappa shape index (κ1) is 14.5. The van der Waals surface area contributed by atoms with Crippen molar-refractivity contribution in [1.82, 2.24) is 0 Å². The van der Waals surface area contributed by atoms with Gasteiger partial charge in [-0.3, -0.25) is 0 Å². The molecule has 1 N–H and O–H groups in total. The summed E-state index contributed by atoms with van der Waals surface area (Å²) in [5, 5.41) is 13.3. The normalized spacial score (nSPS) is 27.1. The van der Waals surface area contributed by atoms with Gasteiger partial charge < -0.3 is 19.3 Å². The molecule has 0 saturated carbocycles. The van der Waals surface area contributed by atoms with Crippen molar-refractivity contribution < 1.29 is 24.1 Å². The first-order valence-corrected chi connectivity index (χ1v) is 5.25. The number of esters is 1. The third kappa shape index (κ3) is 3.44. The Morgan fingerprint density at radius 2 is 2.39 bits per heavy atom. The fourth-order valence-corrected chi connectivity index (χ4v) is 1.69. The van der Waals surface area contributed by atoms with Crippen LogP contribution in [0.1, 0.15) is 6.42 Å². The van der Waals surface area contributed by atoms with Crippen LogP contribution in [0.15, 0.2) is 16.8 Å². The van der Waals surface area contributed by atoms with Crippen LogP contribution in [0.4, 0.5) is 0 Å². The van der Waals surface area contributed by atoms with E-state index in [9.17, 15) is 9.90 Å². The molecular weight excluding hydrogens is 242 g/mol. The Labute approximate surface area is 104 Å². The van der Waals surface area contributed by atoms with Crippen molar-refractivity contribution in [3.05, 3.63) is 22.1 Å². The number of nitrogens with zero attached hydrogens (tertiary/aromatic N) is 3. The third-order valence-corrected chi connectivity index (χ3v) is 2.56. The van der Waals surface area contributed by atoms with Crippen molar-refractivity contribution in [3.8, 4) is 0 Å². The van der Waals surface area contributed by atoms with Gasteiger partial charge in [-0.05, 0) is 5.53 Å². The van der Waals surface area contributed by atoms with Crippen LogP contribution in [0.5, 0.6) is 0 Å². The summed E-state index contributed by atoms with van der Waals surface area (Å²) in [6, 6.07) is -0.861. The van der Waals surface area contributed by atoms with Gasteiger partial charge in [0.25, 0.3) is 0 Å². The Morgan fingerprint density at radius 3 is 2.94 bits per heavy atom. The third-order valence-electron chi connectivity index (χ3n) is 2.56. The van der Waals surface area contributed by atoms with Gasteiger partial charge in [0.2, 0.25) is 0 Å². The van der Waals surface area contributed by atoms with Crippen molar-refractivity contribution >= 4 is 5.97 Å². The maximum absolute atomic E-state index is 11.4. The van der Waals surface area contributed by atoms with Crippen LogP contribution in [-0.4, -0.2) is 50.3 Å². The molecule has 0 radical (unpaired) electrons. The van der Waals surface area contributed by atoms with Crippen molar-refractivity contribution in [3.63, 3.8) is 0 Å². The van der Waals surface area contributed by atoms with Gasteiger partial charge >= 0.3 is 5.97 Å². The molecule has 8 nitrogen and oxygen atoms in total. The summed E-state index contributed by atoms with van der Waals surface area (Å²) in [4.78, 5) is 14.1. The van der Waals surface area contributed by atoms with Crippen molar-refractivity contribution in [2.24, 2.45) is 5.11 Å². The molecule has 0 aliphatic heterocycles. The van der Waals surface area contributed by atoms with E-state index in [0.717, 1.165) is 0 Å². The summed E-state index contributed by atoms with van der Waals surface area (Å²) in [6.45, 7) is -0.0286. The Balaban J connectivity index is 2.89. The molecule has 0 unspecified atom stereocenters. The monoisotopic (exact) mass is 257 g/mol. The smallest absolute Gasteiger partial charge is 0.333 e. The molecule has 0 aromatic rings. The predicted molar refractivity (Wildman–Crippen MR) is 60.4 cm³/mol. The lowest BCUT2D eigenvalue weighted by atomic mass is 9.91. The van der Waals surface area contributed by atoms with Gasteiger partial charge in [-0.2, -0.15) is 0 Å². The average Bonchev–Trinajstić information content (AvgIpc) is 2.39. The van der Waals surface area contributed by atoms with E-state index in [1.807, 2.05) is 0 Å². The highest BCUT2D eigenvalue weighted by Gasteiger charge is 2.34. The second kappa shape index (κ2) is 6.97. The lowest BCUT2D eigenvalue weighted by Gasteiger charge is -2.30. The maximum atomic E-state index is 11.4. The maximum Gasteiger partial charge on any atom is 0.333 e. The zero-order valence-electron chi connectivity index (χ0n) is 10.1. The quantitative estimate of drug-likeness (QED) is 0.253. The van der Waals surface area contributed by atoms with E-state index < -0.39 is 24.2 Å². The van der Waals surface area contributed by atoms with Gasteiger partial charge in [0.1, 0.15) is 6.79 Å². The molecule has 0 aromatic carbocycles. The molecule has 0 heterocycles. The minimum Gasteiger partial charge on any atom is -0.466 e. The highest BCUT2D eigenvalue weighted by molar-refractivity contribution is 5.88. The lowest BCUT2D eigenvalue weighted by molar-refractivity contribution is -0.140. The number of rotatable bonds is 5. The number of aliphatic hydroxyl groups is 1. The van der Waals surface area contributed by atoms with Crippen LogP contribution in [0.3, 0.4) is 0 Å². The summed E-state index contributed by atoms with van der Waals surface area (Å²) in [7, 11) is 2.69. The molecule has 3 atom stereocenters. The van der Waals surface area contributed by atoms with E-state index >= 15 is 0 Å². The molecule has 0 aromatic heterocycles. The predicted octanol–water partition coefficient (Wildman–Crippen LogP) is 0.518. The van der Waals surface area contributed by atoms with Gasteiger partial charge in [-0.25, -0.2) is 4.79 Å². The summed E-state index contributed by atoms with van der Waals surface area (Å²) < 4.78 is 14.6. The minimum absolute atomic E-state index is 0.0286. The number of hydrogen-bond acceptors (Lipinski definition) is 6. The zero-order chi connectivity index (χ0) is 13.5. The summed E-state index contributed by atoms with van der Waals surface area (Å²) in [6.07, 6.45) is -0.138. The largest absolute Gasteiger partial charge is 0.466 e. The van der Waals surface area contributed by atoms with Crippen LogP contribution >= 0.6 is 0 Å². The number of ether oxygens (including phenoxy) is 3. The SMILES string of the molecule is COCO[C@@H]1CC(C(=O)OC)=C[C@H](N=[N+]=[N-])[C@H]1O. The van der Waals surface area contributed by atoms with E-state index in [1.165, 1.54) is 20.3 Å². The van der Waals surface area contributed by atoms with Crippen LogP contribution in [0, 0.1) is 0 Å². The highest BCUT2D eigenvalue weighted by atomic mass is 16.7. The zero-order valence-corrected chi connectivity index (χ0v) is 10.1. The van der Waals surface area contributed by atoms with E-state index in [-0.39, 0.29) is 13.2 Å². The molecule has 0 fully saturated rings. The fourth-order valence-electron chi connectivity index (χ4n) is 1.69. The molecule has 0 saturated heterocycles. The van der Waals surface area contributed by atoms with Gasteiger partial charge in [0, 0.05) is 24.0 Å². The minimum atomic E-state index is -1.02. The molecule has 18 heavy (non-hydrogen) atoms. The average molecular weight is 257 g/mol. The number of carbonyl (C=O) groups is 1. The summed E-state index contributed by atoms with van der Waals surface area (Å²) in [5.41, 5.74) is 8.72. The Kier molecular flexibility index (Phi) is 5.60. The topological polar surface area (TPSA) is 114 Å². The van der Waals surface area contributed by atoms with E-state index in [4.69, 9.17) is 15.0 Å². The molecule has 1 aliphatic carbocycles. The first-order chi connectivity index (χ1) is 8.63. The standard InChI is InChI=1S/C10H15N3O5/c1-16-5-18-8-4-6(10(15)17-2)3-7(9(8)14)12-13-11/h3,7-9,14H,4-5H2,1-2H3/t7-,8+,9+/m0/s1. The lowest BCUT2D eigenvalue weighted by Crippen LogP contribution is -2.42. The van der Waals surface area contributed by atoms with Crippen LogP contribution in [-0.2, 0) is 19.0 Å². The Morgan fingerprint density at radius 1 is 1.67 bits per heavy atom. The number of methoxy groups -OCH3 is 2. The van der Waals surface area contributed by atoms with Crippen LogP contribution in [0.2, 0.25) is 0 Å². The molecule has 1 aliphatic rings. The van der Waals surface area contributed by atoms with Gasteiger partial charge in [0.15, 0.2) is 0 Å². The number of hydrogen-bond donors (Lipinski definition) is 1. The van der Waals surface area contributed by atoms with Gasteiger partial charge in [0.05, 0.1) is 25.4 Å². The van der Waals surface area contributed by atoms with Gasteiger partial charge in [-0.1, -0.05) is 11.2 Å². The number of aliphatic hydroxyl groups excluding tert-OH is 1. The summed E-state index contributed by atoms with van der Waals surface area (Å²) >= 11 is 0. The van der Waals surface area contributed by atoms with Crippen molar-refractivity contribution in [1.29, 1.82) is 0 Å². The second-order valence-electron chi connectivity index (χ2n) is 3.69. The summed E-state index contributed by atoms with van der Waals surface area (Å²) in [5.74, 6) is -0.536. The molecule has 0 spiro atoms. The van der Waals surface area contributed by atoms with Crippen LogP contribution < -0.4 is 0 Å². The van der Waals surface area contributed by atoms with E-state index in [2.05, 4.69) is 14.8 Å². The first-order valence-electron chi connectivity index (χ1n) is 5.25. The number of azide groups is 1. The Bertz CT molecular complexity index is 378. The molecular formula is C10H15N3O5. The van der Waals surface area contributed by atoms with E-state index in [0.29, 0.717) is 5.57 Å². The van der Waals surface area contributed by atoms with Crippen LogP contribution in [0.25, 0.3) is 10.4 Å². The number of carbonyl (C=O) groups excluding carboxylic acids is 1. The van der Waals surface area contributed by atoms with Gasteiger partial charge in [-0.15, -0.1) is 0 Å². The van der Waals surface area contributed by atoms with Crippen molar-refractivity contribution in [2.45, 2.75) is 24.7 Å². The molecule has 0 bridgehead atoms. The Hall–Kier alpha value is -1.60. The second-order valence-corrected chi connectivity index (χ2v) is 3.69. The molecule has 100 valence electrons. The fraction of sp³-hybridized carbons (Fsp3) is 0.700. The molecule has 8 heteroatoms. The molecule has 0 amide bonds.